The van der Waals surface area contributed by atoms with Gasteiger partial charge in [-0.3, -0.25) is 4.79 Å². The standard InChI is InChI=1S/C15H21N3O3/c1-4-7-16-15(20)17-9-11-5-6-13-12(8-11)18(3)14(19)10(2)21-13/h5-6,8,10H,4,7,9H2,1-3H3,(H2,16,17,20). The van der Waals surface area contributed by atoms with E-state index in [4.69, 9.17) is 4.74 Å². The molecule has 3 amide bonds. The van der Waals surface area contributed by atoms with E-state index in [9.17, 15) is 9.59 Å². The van der Waals surface area contributed by atoms with E-state index >= 15 is 0 Å². The van der Waals surface area contributed by atoms with Crippen molar-refractivity contribution in [1.29, 1.82) is 0 Å². The summed E-state index contributed by atoms with van der Waals surface area (Å²) >= 11 is 0. The molecule has 1 aromatic carbocycles. The number of benzene rings is 1. The molecule has 2 N–H and O–H groups in total. The minimum absolute atomic E-state index is 0.0756. The minimum atomic E-state index is -0.466. The highest BCUT2D eigenvalue weighted by Gasteiger charge is 2.28. The van der Waals surface area contributed by atoms with Crippen LogP contribution in [0.4, 0.5) is 10.5 Å². The third kappa shape index (κ3) is 3.45. The number of urea groups is 1. The summed E-state index contributed by atoms with van der Waals surface area (Å²) in [5.41, 5.74) is 1.64. The Kier molecular flexibility index (Phi) is 4.67. The molecule has 0 saturated heterocycles. The fourth-order valence-electron chi connectivity index (χ4n) is 2.15. The van der Waals surface area contributed by atoms with Crippen LogP contribution >= 0.6 is 0 Å². The monoisotopic (exact) mass is 291 g/mol. The van der Waals surface area contributed by atoms with Crippen molar-refractivity contribution >= 4 is 17.6 Å². The zero-order valence-corrected chi connectivity index (χ0v) is 12.6. The first-order valence-corrected chi connectivity index (χ1v) is 7.11. The minimum Gasteiger partial charge on any atom is -0.479 e. The van der Waals surface area contributed by atoms with Gasteiger partial charge in [0.1, 0.15) is 5.75 Å². The van der Waals surface area contributed by atoms with Gasteiger partial charge in [-0.1, -0.05) is 13.0 Å². The highest BCUT2D eigenvalue weighted by molar-refractivity contribution is 5.99. The summed E-state index contributed by atoms with van der Waals surface area (Å²) in [6, 6.07) is 5.38. The highest BCUT2D eigenvalue weighted by atomic mass is 16.5. The molecule has 0 radical (unpaired) electrons. The lowest BCUT2D eigenvalue weighted by Gasteiger charge is -2.30. The summed E-state index contributed by atoms with van der Waals surface area (Å²) in [4.78, 5) is 25.0. The number of ether oxygens (including phenoxy) is 1. The van der Waals surface area contributed by atoms with E-state index in [-0.39, 0.29) is 11.9 Å². The van der Waals surface area contributed by atoms with Gasteiger partial charge in [0.25, 0.3) is 5.91 Å². The maximum Gasteiger partial charge on any atom is 0.315 e. The number of carbonyl (C=O) groups excluding carboxylic acids is 2. The van der Waals surface area contributed by atoms with E-state index in [0.29, 0.717) is 18.8 Å². The molecular weight excluding hydrogens is 270 g/mol. The van der Waals surface area contributed by atoms with Crippen LogP contribution in [0.15, 0.2) is 18.2 Å². The van der Waals surface area contributed by atoms with Crippen molar-refractivity contribution in [2.45, 2.75) is 32.9 Å². The summed E-state index contributed by atoms with van der Waals surface area (Å²) in [7, 11) is 1.73. The van der Waals surface area contributed by atoms with Crippen molar-refractivity contribution < 1.29 is 14.3 Å². The van der Waals surface area contributed by atoms with Crippen molar-refractivity contribution in [2.75, 3.05) is 18.5 Å². The van der Waals surface area contributed by atoms with E-state index in [0.717, 1.165) is 17.7 Å². The molecule has 1 unspecified atom stereocenters. The molecule has 21 heavy (non-hydrogen) atoms. The van der Waals surface area contributed by atoms with Crippen LogP contribution in [0.5, 0.6) is 5.75 Å². The number of nitrogens with zero attached hydrogens (tertiary/aromatic N) is 1. The van der Waals surface area contributed by atoms with Gasteiger partial charge in [0.15, 0.2) is 6.10 Å². The number of hydrogen-bond acceptors (Lipinski definition) is 3. The fourth-order valence-corrected chi connectivity index (χ4v) is 2.15. The quantitative estimate of drug-likeness (QED) is 0.886. The van der Waals surface area contributed by atoms with Crippen LogP contribution < -0.4 is 20.3 Å². The van der Waals surface area contributed by atoms with Crippen molar-refractivity contribution in [3.05, 3.63) is 23.8 Å². The van der Waals surface area contributed by atoms with Crippen LogP contribution in [0, 0.1) is 0 Å². The van der Waals surface area contributed by atoms with Crippen LogP contribution in [0.3, 0.4) is 0 Å². The topological polar surface area (TPSA) is 70.7 Å². The first-order valence-electron chi connectivity index (χ1n) is 7.11. The average Bonchev–Trinajstić information content (AvgIpc) is 2.49. The summed E-state index contributed by atoms with van der Waals surface area (Å²) in [6.45, 7) is 4.78. The molecule has 1 atom stereocenters. The first kappa shape index (κ1) is 15.2. The zero-order chi connectivity index (χ0) is 15.4. The summed E-state index contributed by atoms with van der Waals surface area (Å²) in [5.74, 6) is 0.608. The Morgan fingerprint density at radius 2 is 2.14 bits per heavy atom. The number of fused-ring (bicyclic) bond motifs is 1. The van der Waals surface area contributed by atoms with E-state index in [1.54, 1.807) is 18.9 Å². The average molecular weight is 291 g/mol. The van der Waals surface area contributed by atoms with Gasteiger partial charge in [-0.25, -0.2) is 4.79 Å². The molecule has 1 aromatic rings. The molecule has 2 rings (SSSR count). The lowest BCUT2D eigenvalue weighted by atomic mass is 10.1. The molecule has 1 heterocycles. The predicted octanol–water partition coefficient (Wildman–Crippen LogP) is 1.64. The van der Waals surface area contributed by atoms with Gasteiger partial charge in [-0.05, 0) is 31.0 Å². The normalized spacial score (nSPS) is 17.0. The molecular formula is C15H21N3O3. The lowest BCUT2D eigenvalue weighted by molar-refractivity contribution is -0.125. The van der Waals surface area contributed by atoms with Crippen molar-refractivity contribution in [2.24, 2.45) is 0 Å². The molecule has 0 saturated carbocycles. The van der Waals surface area contributed by atoms with Crippen molar-refractivity contribution in [1.82, 2.24) is 10.6 Å². The van der Waals surface area contributed by atoms with Crippen LogP contribution in [0.25, 0.3) is 0 Å². The largest absolute Gasteiger partial charge is 0.479 e. The molecule has 0 aromatic heterocycles. The lowest BCUT2D eigenvalue weighted by Crippen LogP contribution is -2.42. The molecule has 1 aliphatic rings. The third-order valence-electron chi connectivity index (χ3n) is 3.36. The molecule has 6 heteroatoms. The van der Waals surface area contributed by atoms with E-state index in [2.05, 4.69) is 10.6 Å². The van der Waals surface area contributed by atoms with Gasteiger partial charge >= 0.3 is 6.03 Å². The second-order valence-corrected chi connectivity index (χ2v) is 5.07. The Morgan fingerprint density at radius 3 is 2.86 bits per heavy atom. The number of carbonyl (C=O) groups is 2. The van der Waals surface area contributed by atoms with Gasteiger partial charge in [0.2, 0.25) is 0 Å². The molecule has 114 valence electrons. The predicted molar refractivity (Wildman–Crippen MR) is 80.5 cm³/mol. The molecule has 0 fully saturated rings. The van der Waals surface area contributed by atoms with Crippen LogP contribution in [-0.2, 0) is 11.3 Å². The maximum absolute atomic E-state index is 11.9. The Morgan fingerprint density at radius 1 is 1.38 bits per heavy atom. The number of rotatable bonds is 4. The Hall–Kier alpha value is -2.24. The molecule has 0 spiro atoms. The van der Waals surface area contributed by atoms with Crippen LogP contribution in [0.2, 0.25) is 0 Å². The summed E-state index contributed by atoms with van der Waals surface area (Å²) in [5, 5.41) is 5.53. The number of hydrogen-bond donors (Lipinski definition) is 2. The second kappa shape index (κ2) is 6.47. The Labute approximate surface area is 124 Å². The summed E-state index contributed by atoms with van der Waals surface area (Å²) < 4.78 is 5.56. The molecule has 6 nitrogen and oxygen atoms in total. The summed E-state index contributed by atoms with van der Waals surface area (Å²) in [6.07, 6.45) is 0.431. The van der Waals surface area contributed by atoms with E-state index in [1.165, 1.54) is 0 Å². The van der Waals surface area contributed by atoms with Crippen LogP contribution in [-0.4, -0.2) is 31.6 Å². The van der Waals surface area contributed by atoms with E-state index < -0.39 is 6.10 Å². The van der Waals surface area contributed by atoms with Gasteiger partial charge in [0, 0.05) is 20.1 Å². The SMILES string of the molecule is CCCNC(=O)NCc1ccc2c(c1)N(C)C(=O)C(C)O2. The Balaban J connectivity index is 2.04. The maximum atomic E-state index is 11.9. The van der Waals surface area contributed by atoms with Gasteiger partial charge in [0.05, 0.1) is 5.69 Å². The number of anilines is 1. The van der Waals surface area contributed by atoms with Gasteiger partial charge in [-0.15, -0.1) is 0 Å². The third-order valence-corrected chi connectivity index (χ3v) is 3.36. The smallest absolute Gasteiger partial charge is 0.315 e. The molecule has 1 aliphatic heterocycles. The second-order valence-electron chi connectivity index (χ2n) is 5.07. The fraction of sp³-hybridized carbons (Fsp3) is 0.467. The van der Waals surface area contributed by atoms with Crippen molar-refractivity contribution in [3.8, 4) is 5.75 Å². The molecule has 0 aliphatic carbocycles. The number of nitrogens with one attached hydrogen (secondary N) is 2. The number of amides is 3. The van der Waals surface area contributed by atoms with Crippen molar-refractivity contribution in [3.63, 3.8) is 0 Å². The number of likely N-dealkylation sites (N-methyl/N-ethyl adjacent to an activating group) is 1. The zero-order valence-electron chi connectivity index (χ0n) is 12.6. The first-order chi connectivity index (χ1) is 10.0. The Bertz CT molecular complexity index is 545. The highest BCUT2D eigenvalue weighted by Crippen LogP contribution is 2.33. The van der Waals surface area contributed by atoms with Crippen LogP contribution in [0.1, 0.15) is 25.8 Å². The van der Waals surface area contributed by atoms with Gasteiger partial charge < -0.3 is 20.3 Å². The molecule has 0 bridgehead atoms. The van der Waals surface area contributed by atoms with Gasteiger partial charge in [-0.2, -0.15) is 0 Å². The van der Waals surface area contributed by atoms with E-state index in [1.807, 2.05) is 25.1 Å².